The first-order valence-corrected chi connectivity index (χ1v) is 1.49. The second-order valence-corrected chi connectivity index (χ2v) is 0. The second-order valence-electron chi connectivity index (χ2n) is 0. The predicted octanol–water partition coefficient (Wildman–Crippen LogP) is -0.946. The molecular formula is H2CeNiO2. The SMILES string of the molecule is O.[Ni].[O]=[Ce]. The summed E-state index contributed by atoms with van der Waals surface area (Å²) in [5.41, 5.74) is 0. The van der Waals surface area contributed by atoms with Crippen molar-refractivity contribution < 1.29 is 62.7 Å². The van der Waals surface area contributed by atoms with Crippen molar-refractivity contribution in [2.24, 2.45) is 0 Å². The monoisotopic (exact) mass is 232 g/mol. The molecule has 0 spiro atoms. The summed E-state index contributed by atoms with van der Waals surface area (Å²) >= 11 is 0.0556. The van der Waals surface area contributed by atoms with Crippen LogP contribution in [0.5, 0.6) is 0 Å². The molecule has 0 saturated carbocycles. The molecule has 0 aromatic carbocycles. The van der Waals surface area contributed by atoms with E-state index in [1.807, 2.05) is 0 Å². The van der Waals surface area contributed by atoms with Crippen LogP contribution in [0.3, 0.4) is 0 Å². The zero-order chi connectivity index (χ0) is 2.00. The third-order valence-corrected chi connectivity index (χ3v) is 0. The summed E-state index contributed by atoms with van der Waals surface area (Å²) in [5, 5.41) is 0. The molecular weight excluding hydrogens is 231 g/mol. The van der Waals surface area contributed by atoms with E-state index in [0.717, 1.165) is 0 Å². The van der Waals surface area contributed by atoms with Gasteiger partial charge in [0, 0.05) is 16.5 Å². The van der Waals surface area contributed by atoms with Gasteiger partial charge in [-0.3, -0.25) is 0 Å². The minimum atomic E-state index is 0. The molecule has 0 aliphatic rings. The van der Waals surface area contributed by atoms with Gasteiger partial charge in [0.2, 0.25) is 0 Å². The summed E-state index contributed by atoms with van der Waals surface area (Å²) in [5.74, 6) is 0. The van der Waals surface area contributed by atoms with Gasteiger partial charge in [-0.05, 0) is 0 Å². The first-order valence-electron chi connectivity index (χ1n) is 0.204. The summed E-state index contributed by atoms with van der Waals surface area (Å²) < 4.78 is 8.39. The Balaban J connectivity index is -0.00000000500. The number of rotatable bonds is 0. The number of hydrogen-bond acceptors (Lipinski definition) is 1. The average Bonchev–Trinajstić information content (AvgIpc) is 1.00. The zero-order valence-electron chi connectivity index (χ0n) is 1.72. The van der Waals surface area contributed by atoms with Crippen molar-refractivity contribution in [3.63, 3.8) is 0 Å². The first-order chi connectivity index (χ1) is 1.00. The van der Waals surface area contributed by atoms with Crippen LogP contribution in [-0.4, -0.2) is 5.48 Å². The van der Waals surface area contributed by atoms with Gasteiger partial charge in [0.1, 0.15) is 0 Å². The Labute approximate surface area is 61.7 Å². The first kappa shape index (κ1) is 17.4. The Bertz CT molecular complexity index is 6.00. The molecule has 28 valence electrons. The van der Waals surface area contributed by atoms with Crippen LogP contribution in [0.1, 0.15) is 0 Å². The molecule has 2 N–H and O–H groups in total. The van der Waals surface area contributed by atoms with E-state index < -0.39 is 0 Å². The maximum atomic E-state index is 8.39. The molecule has 0 rings (SSSR count). The molecule has 0 aromatic rings. The molecule has 0 aliphatic heterocycles. The zero-order valence-corrected chi connectivity index (χ0v) is 5.85. The summed E-state index contributed by atoms with van der Waals surface area (Å²) in [7, 11) is 0. The second kappa shape index (κ2) is 23.0. The summed E-state index contributed by atoms with van der Waals surface area (Å²) in [6, 6.07) is 0. The van der Waals surface area contributed by atoms with Gasteiger partial charge in [0.25, 0.3) is 0 Å². The third-order valence-electron chi connectivity index (χ3n) is 0. The molecule has 0 radical (unpaired) electrons. The van der Waals surface area contributed by atoms with E-state index in [1.54, 1.807) is 0 Å². The molecule has 0 amide bonds. The van der Waals surface area contributed by atoms with Gasteiger partial charge >= 0.3 is 40.7 Å². The van der Waals surface area contributed by atoms with E-state index in [1.165, 1.54) is 0 Å². The summed E-state index contributed by atoms with van der Waals surface area (Å²) in [6.07, 6.45) is 0. The fraction of sp³-hybridized carbons (Fsp3) is 0. The molecule has 2 nitrogen and oxygen atoms in total. The molecule has 0 fully saturated rings. The quantitative estimate of drug-likeness (QED) is 0.497. The van der Waals surface area contributed by atoms with Crippen molar-refractivity contribution in [1.82, 2.24) is 0 Å². The van der Waals surface area contributed by atoms with Crippen molar-refractivity contribution in [3.05, 3.63) is 0 Å². The van der Waals surface area contributed by atoms with E-state index in [0.29, 0.717) is 0 Å². The maximum absolute atomic E-state index is 8.39. The van der Waals surface area contributed by atoms with Gasteiger partial charge in [-0.15, -0.1) is 0 Å². The molecule has 0 saturated heterocycles. The van der Waals surface area contributed by atoms with Crippen molar-refractivity contribution in [1.29, 1.82) is 0 Å². The van der Waals surface area contributed by atoms with Crippen LogP contribution >= 0.6 is 0 Å². The van der Waals surface area contributed by atoms with Crippen LogP contribution in [0.2, 0.25) is 0 Å². The van der Waals surface area contributed by atoms with E-state index in [4.69, 9.17) is 0.938 Å². The van der Waals surface area contributed by atoms with Gasteiger partial charge in [-0.25, -0.2) is 0 Å². The van der Waals surface area contributed by atoms with Crippen LogP contribution < -0.4 is 0 Å². The van der Waals surface area contributed by atoms with Gasteiger partial charge in [0.15, 0.2) is 0 Å². The standard InChI is InChI=1S/Ce.Ni.H2O.O/h;;1H2;. The fourth-order valence-corrected chi connectivity index (χ4v) is 0. The molecule has 0 aliphatic carbocycles. The minimum absolute atomic E-state index is 0. The van der Waals surface area contributed by atoms with Crippen LogP contribution in [0.15, 0.2) is 0 Å². The fourth-order valence-electron chi connectivity index (χ4n) is 0. The molecule has 0 atom stereocenters. The van der Waals surface area contributed by atoms with Crippen LogP contribution in [0, 0.1) is 39.8 Å². The van der Waals surface area contributed by atoms with Crippen LogP contribution in [0.4, 0.5) is 0 Å². The Morgan fingerprint density at radius 1 is 1.25 bits per heavy atom. The Morgan fingerprint density at radius 2 is 1.25 bits per heavy atom. The summed E-state index contributed by atoms with van der Waals surface area (Å²) in [6.45, 7) is 0. The normalized spacial score (nSPS) is 0.750. The van der Waals surface area contributed by atoms with E-state index >= 15 is 0 Å². The molecule has 0 bridgehead atoms. The molecule has 0 unspecified atom stereocenters. The van der Waals surface area contributed by atoms with Crippen molar-refractivity contribution >= 4 is 0 Å². The van der Waals surface area contributed by atoms with Crippen molar-refractivity contribution in [3.8, 4) is 0 Å². The predicted molar refractivity (Wildman–Crippen MR) is 4.30 cm³/mol. The third kappa shape index (κ3) is 9.45. The molecule has 4 heteroatoms. The molecule has 0 heterocycles. The molecule has 0 aromatic heterocycles. The average molecular weight is 233 g/mol. The molecule has 4 heavy (non-hydrogen) atoms. The van der Waals surface area contributed by atoms with Gasteiger partial charge < -0.3 is 5.48 Å². The van der Waals surface area contributed by atoms with Crippen molar-refractivity contribution in [2.45, 2.75) is 0 Å². The topological polar surface area (TPSA) is 48.6 Å². The Morgan fingerprint density at radius 3 is 1.25 bits per heavy atom. The van der Waals surface area contributed by atoms with E-state index in [9.17, 15) is 0 Å². The summed E-state index contributed by atoms with van der Waals surface area (Å²) in [4.78, 5) is 0. The van der Waals surface area contributed by atoms with E-state index in [-0.39, 0.29) is 61.7 Å². The van der Waals surface area contributed by atoms with Crippen LogP contribution in [-0.2, 0) is 17.4 Å². The van der Waals surface area contributed by atoms with Crippen LogP contribution in [0.25, 0.3) is 0 Å². The van der Waals surface area contributed by atoms with Crippen molar-refractivity contribution in [2.75, 3.05) is 0 Å². The van der Waals surface area contributed by atoms with Gasteiger partial charge in [0.05, 0.1) is 0 Å². The van der Waals surface area contributed by atoms with Gasteiger partial charge in [-0.2, -0.15) is 0 Å². The Kier molecular flexibility index (Phi) is 100. The number of hydrogen-bond donors (Lipinski definition) is 0. The van der Waals surface area contributed by atoms with Gasteiger partial charge in [-0.1, -0.05) is 0 Å². The Hall–Kier alpha value is 1.63. The van der Waals surface area contributed by atoms with E-state index in [2.05, 4.69) is 0 Å².